The number of rotatable bonds is 7. The molecule has 0 bridgehead atoms. The molecule has 1 aromatic heterocycles. The Kier molecular flexibility index (Phi) is 5.83. The topological polar surface area (TPSA) is 101 Å². The molecule has 1 unspecified atom stereocenters. The van der Waals surface area contributed by atoms with E-state index in [-0.39, 0.29) is 30.3 Å². The smallest absolute Gasteiger partial charge is 0.303 e. The molecule has 0 aliphatic rings. The largest absolute Gasteiger partial charge is 0.481 e. The number of aromatic nitrogens is 2. The van der Waals surface area contributed by atoms with Crippen LogP contribution < -0.4 is 10.9 Å². The van der Waals surface area contributed by atoms with E-state index in [0.29, 0.717) is 6.42 Å². The zero-order valence-electron chi connectivity index (χ0n) is 13.3. The molecule has 0 fully saturated rings. The summed E-state index contributed by atoms with van der Waals surface area (Å²) in [6, 6.07) is 11.7. The van der Waals surface area contributed by atoms with E-state index in [1.54, 1.807) is 6.92 Å². The zero-order valence-corrected chi connectivity index (χ0v) is 13.3. The zero-order chi connectivity index (χ0) is 17.5. The Morgan fingerprint density at radius 1 is 1.21 bits per heavy atom. The number of amides is 1. The highest BCUT2D eigenvalue weighted by molar-refractivity contribution is 5.92. The summed E-state index contributed by atoms with van der Waals surface area (Å²) in [6.07, 6.45) is 0.299. The van der Waals surface area contributed by atoms with E-state index in [0.717, 1.165) is 5.56 Å². The van der Waals surface area contributed by atoms with Crippen molar-refractivity contribution in [2.45, 2.75) is 32.4 Å². The Hall–Kier alpha value is -2.96. The number of hydrogen-bond donors (Lipinski definition) is 2. The maximum atomic E-state index is 12.2. The number of carboxylic acids is 1. The lowest BCUT2D eigenvalue weighted by Gasteiger charge is -2.13. The summed E-state index contributed by atoms with van der Waals surface area (Å²) in [5, 5.41) is 15.4. The van der Waals surface area contributed by atoms with Crippen molar-refractivity contribution < 1.29 is 14.7 Å². The Balaban J connectivity index is 2.08. The molecule has 7 heteroatoms. The van der Waals surface area contributed by atoms with Crippen molar-refractivity contribution in [3.8, 4) is 0 Å². The molecule has 1 aromatic carbocycles. The summed E-state index contributed by atoms with van der Waals surface area (Å²) in [5.41, 5.74) is 0.724. The van der Waals surface area contributed by atoms with Gasteiger partial charge in [-0.1, -0.05) is 30.3 Å². The Morgan fingerprint density at radius 2 is 1.92 bits per heavy atom. The van der Waals surface area contributed by atoms with Gasteiger partial charge in [-0.15, -0.1) is 0 Å². The van der Waals surface area contributed by atoms with Crippen molar-refractivity contribution in [1.82, 2.24) is 15.1 Å². The predicted octanol–water partition coefficient (Wildman–Crippen LogP) is 1.27. The normalized spacial score (nSPS) is 11.7. The van der Waals surface area contributed by atoms with Crippen molar-refractivity contribution >= 4 is 11.9 Å². The molecule has 0 spiro atoms. The second-order valence-electron chi connectivity index (χ2n) is 5.51. The second kappa shape index (κ2) is 8.05. The number of carbonyl (C=O) groups excluding carboxylic acids is 1. The van der Waals surface area contributed by atoms with E-state index in [4.69, 9.17) is 5.11 Å². The van der Waals surface area contributed by atoms with Crippen LogP contribution >= 0.6 is 0 Å². The van der Waals surface area contributed by atoms with Crippen molar-refractivity contribution in [3.05, 3.63) is 64.1 Å². The van der Waals surface area contributed by atoms with Crippen LogP contribution in [0.3, 0.4) is 0 Å². The maximum Gasteiger partial charge on any atom is 0.303 e. The molecular formula is C17H19N3O4. The fraction of sp³-hybridized carbons (Fsp3) is 0.294. The summed E-state index contributed by atoms with van der Waals surface area (Å²) in [6.45, 7) is 2.00. The number of nitrogens with zero attached hydrogens (tertiary/aromatic N) is 2. The van der Waals surface area contributed by atoms with Gasteiger partial charge in [0.05, 0.1) is 6.54 Å². The average molecular weight is 329 g/mol. The summed E-state index contributed by atoms with van der Waals surface area (Å²) in [4.78, 5) is 34.6. The summed E-state index contributed by atoms with van der Waals surface area (Å²) >= 11 is 0. The van der Waals surface area contributed by atoms with E-state index in [1.807, 2.05) is 30.3 Å². The van der Waals surface area contributed by atoms with Crippen molar-refractivity contribution in [1.29, 1.82) is 0 Å². The summed E-state index contributed by atoms with van der Waals surface area (Å²) in [5.74, 6) is -1.35. The molecule has 126 valence electrons. The van der Waals surface area contributed by atoms with Crippen LogP contribution in [-0.2, 0) is 11.3 Å². The van der Waals surface area contributed by atoms with Crippen molar-refractivity contribution in [2.24, 2.45) is 0 Å². The van der Waals surface area contributed by atoms with Crippen LogP contribution in [-0.4, -0.2) is 32.8 Å². The fourth-order valence-electron chi connectivity index (χ4n) is 2.15. The van der Waals surface area contributed by atoms with Crippen LogP contribution in [0, 0.1) is 0 Å². The maximum absolute atomic E-state index is 12.2. The van der Waals surface area contributed by atoms with Gasteiger partial charge in [-0.3, -0.25) is 14.4 Å². The monoisotopic (exact) mass is 329 g/mol. The van der Waals surface area contributed by atoms with Crippen LogP contribution in [0.25, 0.3) is 0 Å². The first-order chi connectivity index (χ1) is 11.5. The molecule has 1 amide bonds. The lowest BCUT2D eigenvalue weighted by molar-refractivity contribution is -0.137. The quantitative estimate of drug-likeness (QED) is 0.797. The molecule has 0 aliphatic heterocycles. The number of aliphatic carboxylic acids is 1. The van der Waals surface area contributed by atoms with Crippen LogP contribution in [0.2, 0.25) is 0 Å². The van der Waals surface area contributed by atoms with Crippen LogP contribution in [0.15, 0.2) is 47.3 Å². The molecule has 2 aromatic rings. The number of nitrogens with one attached hydrogen (secondary N) is 1. The molecule has 7 nitrogen and oxygen atoms in total. The molecule has 0 saturated carbocycles. The third-order valence-corrected chi connectivity index (χ3v) is 3.44. The molecule has 2 rings (SSSR count). The van der Waals surface area contributed by atoms with Gasteiger partial charge in [0.15, 0.2) is 0 Å². The predicted molar refractivity (Wildman–Crippen MR) is 87.8 cm³/mol. The molecule has 0 saturated heterocycles. The van der Waals surface area contributed by atoms with Gasteiger partial charge in [0.25, 0.3) is 11.5 Å². The van der Waals surface area contributed by atoms with E-state index in [1.165, 1.54) is 16.8 Å². The van der Waals surface area contributed by atoms with E-state index in [9.17, 15) is 14.4 Å². The van der Waals surface area contributed by atoms with Gasteiger partial charge in [-0.05, 0) is 25.0 Å². The number of carboxylic acid groups (broad SMARTS) is 1. The van der Waals surface area contributed by atoms with Gasteiger partial charge in [0.1, 0.15) is 5.69 Å². The first-order valence-corrected chi connectivity index (χ1v) is 7.60. The van der Waals surface area contributed by atoms with Crippen molar-refractivity contribution in [3.63, 3.8) is 0 Å². The van der Waals surface area contributed by atoms with E-state index >= 15 is 0 Å². The lowest BCUT2D eigenvalue weighted by Crippen LogP contribution is -2.35. The highest BCUT2D eigenvalue weighted by Crippen LogP contribution is 2.02. The fourth-order valence-corrected chi connectivity index (χ4v) is 2.15. The van der Waals surface area contributed by atoms with Gasteiger partial charge < -0.3 is 10.4 Å². The SMILES string of the molecule is CC(CCC(=O)O)NC(=O)c1ccc(=O)n(Cc2ccccc2)n1. The molecule has 1 atom stereocenters. The van der Waals surface area contributed by atoms with Gasteiger partial charge in [0.2, 0.25) is 0 Å². The van der Waals surface area contributed by atoms with E-state index in [2.05, 4.69) is 10.4 Å². The number of hydrogen-bond acceptors (Lipinski definition) is 4. The highest BCUT2D eigenvalue weighted by Gasteiger charge is 2.13. The van der Waals surface area contributed by atoms with Gasteiger partial charge >= 0.3 is 5.97 Å². The van der Waals surface area contributed by atoms with Crippen molar-refractivity contribution in [2.75, 3.05) is 0 Å². The minimum absolute atomic E-state index is 0.0254. The Morgan fingerprint density at radius 3 is 2.58 bits per heavy atom. The summed E-state index contributed by atoms with van der Waals surface area (Å²) < 4.78 is 1.23. The minimum atomic E-state index is -0.911. The van der Waals surface area contributed by atoms with Gasteiger partial charge in [0, 0.05) is 18.5 Å². The Labute approximate surface area is 138 Å². The summed E-state index contributed by atoms with van der Waals surface area (Å²) in [7, 11) is 0. The third-order valence-electron chi connectivity index (χ3n) is 3.44. The molecular weight excluding hydrogens is 310 g/mol. The average Bonchev–Trinajstić information content (AvgIpc) is 2.56. The van der Waals surface area contributed by atoms with Crippen LogP contribution in [0.5, 0.6) is 0 Å². The standard InChI is InChI=1S/C17H19N3O4/c1-12(7-10-16(22)23)18-17(24)14-8-9-15(21)20(19-14)11-13-5-3-2-4-6-13/h2-6,8-9,12H,7,10-11H2,1H3,(H,18,24)(H,22,23). The first kappa shape index (κ1) is 17.4. The number of benzene rings is 1. The minimum Gasteiger partial charge on any atom is -0.481 e. The molecule has 1 heterocycles. The van der Waals surface area contributed by atoms with Gasteiger partial charge in [-0.2, -0.15) is 5.10 Å². The molecule has 0 radical (unpaired) electrons. The van der Waals surface area contributed by atoms with E-state index < -0.39 is 11.9 Å². The lowest BCUT2D eigenvalue weighted by atomic mass is 10.2. The third kappa shape index (κ3) is 5.05. The second-order valence-corrected chi connectivity index (χ2v) is 5.51. The first-order valence-electron chi connectivity index (χ1n) is 7.60. The number of carbonyl (C=O) groups is 2. The van der Waals surface area contributed by atoms with Crippen LogP contribution in [0.4, 0.5) is 0 Å². The Bertz CT molecular complexity index is 771. The molecule has 24 heavy (non-hydrogen) atoms. The highest BCUT2D eigenvalue weighted by atomic mass is 16.4. The molecule has 0 aliphatic carbocycles. The molecule has 2 N–H and O–H groups in total. The van der Waals surface area contributed by atoms with Crippen LogP contribution in [0.1, 0.15) is 35.8 Å². The van der Waals surface area contributed by atoms with Gasteiger partial charge in [-0.25, -0.2) is 4.68 Å².